The van der Waals surface area contributed by atoms with Crippen molar-refractivity contribution in [2.75, 3.05) is 20.1 Å². The number of hydrogen-bond acceptors (Lipinski definition) is 3. The predicted molar refractivity (Wildman–Crippen MR) is 101 cm³/mol. The predicted octanol–water partition coefficient (Wildman–Crippen LogP) is 4.78. The maximum Gasteiger partial charge on any atom is 0.416 e. The van der Waals surface area contributed by atoms with Crippen LogP contribution in [0.1, 0.15) is 44.7 Å². The molecule has 1 amide bonds. The first-order valence-electron chi connectivity index (χ1n) is 9.76. The normalized spacial score (nSPS) is 25.3. The maximum atomic E-state index is 12.7. The van der Waals surface area contributed by atoms with Crippen molar-refractivity contribution in [1.82, 2.24) is 9.80 Å². The molecule has 156 valence electrons. The van der Waals surface area contributed by atoms with Crippen molar-refractivity contribution >= 4 is 6.09 Å². The van der Waals surface area contributed by atoms with Crippen LogP contribution in [0.25, 0.3) is 0 Å². The van der Waals surface area contributed by atoms with Gasteiger partial charge in [-0.25, -0.2) is 4.79 Å². The van der Waals surface area contributed by atoms with Gasteiger partial charge >= 0.3 is 12.3 Å². The molecule has 0 bridgehead atoms. The molecule has 1 aromatic carbocycles. The van der Waals surface area contributed by atoms with Crippen molar-refractivity contribution in [2.45, 2.75) is 58.0 Å². The Balaban J connectivity index is 1.51. The quantitative estimate of drug-likeness (QED) is 0.734. The summed E-state index contributed by atoms with van der Waals surface area (Å²) in [4.78, 5) is 16.3. The van der Waals surface area contributed by atoms with Crippen LogP contribution >= 0.6 is 0 Å². The summed E-state index contributed by atoms with van der Waals surface area (Å²) in [5.41, 5.74) is -0.224. The molecule has 2 fully saturated rings. The van der Waals surface area contributed by atoms with Gasteiger partial charge in [-0.1, -0.05) is 12.1 Å². The fourth-order valence-electron chi connectivity index (χ4n) is 4.32. The third-order valence-corrected chi connectivity index (χ3v) is 5.71. The fourth-order valence-corrected chi connectivity index (χ4v) is 4.32. The van der Waals surface area contributed by atoms with Gasteiger partial charge in [-0.15, -0.1) is 0 Å². The first-order valence-corrected chi connectivity index (χ1v) is 9.76. The second-order valence-electron chi connectivity index (χ2n) is 9.14. The molecule has 1 saturated heterocycles. The van der Waals surface area contributed by atoms with Gasteiger partial charge in [-0.3, -0.25) is 4.90 Å². The molecule has 1 aliphatic heterocycles. The molecule has 1 heterocycles. The Hall–Kier alpha value is -1.76. The van der Waals surface area contributed by atoms with E-state index in [-0.39, 0.29) is 6.09 Å². The number of halogens is 3. The second kappa shape index (κ2) is 7.58. The van der Waals surface area contributed by atoms with E-state index in [1.54, 1.807) is 12.1 Å². The zero-order valence-electron chi connectivity index (χ0n) is 16.9. The van der Waals surface area contributed by atoms with E-state index in [2.05, 4.69) is 4.90 Å². The van der Waals surface area contributed by atoms with Crippen LogP contribution in [0.2, 0.25) is 0 Å². The van der Waals surface area contributed by atoms with E-state index >= 15 is 0 Å². The maximum absolute atomic E-state index is 12.7. The molecule has 1 aromatic rings. The molecule has 1 unspecified atom stereocenters. The lowest BCUT2D eigenvalue weighted by Crippen LogP contribution is -2.37. The van der Waals surface area contributed by atoms with Crippen LogP contribution in [-0.4, -0.2) is 47.7 Å². The van der Waals surface area contributed by atoms with Gasteiger partial charge in [0.1, 0.15) is 5.60 Å². The molecule has 3 atom stereocenters. The summed E-state index contributed by atoms with van der Waals surface area (Å²) in [5.74, 6) is 0.931. The number of benzene rings is 1. The molecule has 0 spiro atoms. The lowest BCUT2D eigenvalue weighted by atomic mass is 10.0. The number of fused-ring (bicyclic) bond motifs is 1. The minimum atomic E-state index is -4.30. The van der Waals surface area contributed by atoms with Gasteiger partial charge in [0.05, 0.1) is 5.56 Å². The first kappa shape index (κ1) is 21.0. The third kappa shape index (κ3) is 4.99. The topological polar surface area (TPSA) is 32.8 Å². The summed E-state index contributed by atoms with van der Waals surface area (Å²) >= 11 is 0. The van der Waals surface area contributed by atoms with Crippen LogP contribution in [0.5, 0.6) is 0 Å². The van der Waals surface area contributed by atoms with Crippen molar-refractivity contribution in [1.29, 1.82) is 0 Å². The molecule has 1 saturated carbocycles. The average Bonchev–Trinajstić information content (AvgIpc) is 3.11. The van der Waals surface area contributed by atoms with Crippen LogP contribution in [0.4, 0.5) is 18.0 Å². The zero-order chi connectivity index (χ0) is 20.7. The molecule has 0 aromatic heterocycles. The minimum Gasteiger partial charge on any atom is -0.444 e. The van der Waals surface area contributed by atoms with Gasteiger partial charge in [0.25, 0.3) is 0 Å². The third-order valence-electron chi connectivity index (χ3n) is 5.71. The van der Waals surface area contributed by atoms with Crippen LogP contribution < -0.4 is 0 Å². The molecule has 4 nitrogen and oxygen atoms in total. The summed E-state index contributed by atoms with van der Waals surface area (Å²) < 4.78 is 43.5. The van der Waals surface area contributed by atoms with Crippen LogP contribution in [-0.2, 0) is 17.5 Å². The Morgan fingerprint density at radius 1 is 1.11 bits per heavy atom. The van der Waals surface area contributed by atoms with Crippen molar-refractivity contribution < 1.29 is 22.7 Å². The van der Waals surface area contributed by atoms with E-state index in [4.69, 9.17) is 4.74 Å². The lowest BCUT2D eigenvalue weighted by molar-refractivity contribution is -0.137. The van der Waals surface area contributed by atoms with Gasteiger partial charge in [-0.2, -0.15) is 13.2 Å². The monoisotopic (exact) mass is 398 g/mol. The molecule has 3 rings (SSSR count). The highest BCUT2D eigenvalue weighted by molar-refractivity contribution is 5.68. The lowest BCUT2D eigenvalue weighted by Gasteiger charge is -2.28. The van der Waals surface area contributed by atoms with Crippen molar-refractivity contribution in [3.05, 3.63) is 35.4 Å². The number of amides is 1. The van der Waals surface area contributed by atoms with Gasteiger partial charge in [0, 0.05) is 25.7 Å². The molecule has 0 N–H and O–H groups in total. The van der Waals surface area contributed by atoms with Crippen LogP contribution in [0.3, 0.4) is 0 Å². The number of rotatable bonds is 3. The Morgan fingerprint density at radius 3 is 2.11 bits per heavy atom. The Morgan fingerprint density at radius 2 is 1.64 bits per heavy atom. The van der Waals surface area contributed by atoms with E-state index < -0.39 is 17.3 Å². The van der Waals surface area contributed by atoms with Crippen molar-refractivity contribution in [2.24, 2.45) is 11.8 Å². The largest absolute Gasteiger partial charge is 0.444 e. The van der Waals surface area contributed by atoms with E-state index in [0.29, 0.717) is 24.4 Å². The molecule has 2 aliphatic rings. The summed E-state index contributed by atoms with van der Waals surface area (Å²) in [6, 6.07) is 5.79. The SMILES string of the molecule is CN(Cc1ccc(C(F)(F)F)cc1)C1C[C@@H]2CN(C(=O)OC(C)(C)C)C[C@@H]2C1. The van der Waals surface area contributed by atoms with Gasteiger partial charge in [0.2, 0.25) is 0 Å². The number of carbonyl (C=O) groups is 1. The highest BCUT2D eigenvalue weighted by atomic mass is 19.4. The highest BCUT2D eigenvalue weighted by Crippen LogP contribution is 2.40. The Labute approximate surface area is 164 Å². The smallest absolute Gasteiger partial charge is 0.416 e. The van der Waals surface area contributed by atoms with Gasteiger partial charge < -0.3 is 9.64 Å². The fraction of sp³-hybridized carbons (Fsp3) is 0.667. The summed E-state index contributed by atoms with van der Waals surface area (Å²) in [6.45, 7) is 7.68. The summed E-state index contributed by atoms with van der Waals surface area (Å²) in [5, 5.41) is 0. The standard InChI is InChI=1S/C21H29F3N2O2/c1-20(2,3)28-19(27)26-12-15-9-18(10-16(15)13-26)25(4)11-14-5-7-17(8-6-14)21(22,23)24/h5-8,15-16,18H,9-13H2,1-4H3/t15-,16+,18?. The number of carbonyl (C=O) groups excluding carboxylic acids is 1. The Kier molecular flexibility index (Phi) is 5.67. The van der Waals surface area contributed by atoms with Gasteiger partial charge in [-0.05, 0) is 70.2 Å². The van der Waals surface area contributed by atoms with Gasteiger partial charge in [0.15, 0.2) is 0 Å². The number of hydrogen-bond donors (Lipinski definition) is 0. The number of nitrogens with zero attached hydrogens (tertiary/aromatic N) is 2. The number of likely N-dealkylation sites (tertiary alicyclic amines) is 1. The molecular formula is C21H29F3N2O2. The summed E-state index contributed by atoms with van der Waals surface area (Å²) in [7, 11) is 2.02. The first-order chi connectivity index (χ1) is 12.9. The molecule has 1 aliphatic carbocycles. The van der Waals surface area contributed by atoms with Crippen LogP contribution in [0, 0.1) is 11.8 Å². The molecule has 7 heteroatoms. The second-order valence-corrected chi connectivity index (χ2v) is 9.14. The van der Waals surface area contributed by atoms with E-state index in [9.17, 15) is 18.0 Å². The minimum absolute atomic E-state index is 0.239. The zero-order valence-corrected chi connectivity index (χ0v) is 16.9. The van der Waals surface area contributed by atoms with Crippen molar-refractivity contribution in [3.8, 4) is 0 Å². The van der Waals surface area contributed by atoms with Crippen LogP contribution in [0.15, 0.2) is 24.3 Å². The average molecular weight is 398 g/mol. The highest BCUT2D eigenvalue weighted by Gasteiger charge is 2.44. The van der Waals surface area contributed by atoms with E-state index in [1.165, 1.54) is 0 Å². The Bertz CT molecular complexity index is 683. The molecule has 28 heavy (non-hydrogen) atoms. The summed E-state index contributed by atoms with van der Waals surface area (Å²) in [6.07, 6.45) is -2.54. The molecular weight excluding hydrogens is 369 g/mol. The number of ether oxygens (including phenoxy) is 1. The number of alkyl halides is 3. The van der Waals surface area contributed by atoms with E-state index in [0.717, 1.165) is 43.6 Å². The van der Waals surface area contributed by atoms with Crippen molar-refractivity contribution in [3.63, 3.8) is 0 Å². The molecule has 0 radical (unpaired) electrons. The van der Waals surface area contributed by atoms with E-state index in [1.807, 2.05) is 32.7 Å².